The lowest BCUT2D eigenvalue weighted by Gasteiger charge is -2.37. The highest BCUT2D eigenvalue weighted by Crippen LogP contribution is 2.45. The maximum atomic E-state index is 12.0. The summed E-state index contributed by atoms with van der Waals surface area (Å²) in [6.07, 6.45) is -0.283. The lowest BCUT2D eigenvalue weighted by molar-refractivity contribution is 0.220. The number of epoxide rings is 1. The van der Waals surface area contributed by atoms with Crippen LogP contribution >= 0.6 is 0 Å². The number of hydrogen-bond acceptors (Lipinski definition) is 2. The van der Waals surface area contributed by atoms with Gasteiger partial charge >= 0.3 is 6.03 Å². The van der Waals surface area contributed by atoms with Crippen LogP contribution in [0.3, 0.4) is 0 Å². The molecule has 100 valence electrons. The number of carbonyl (C=O) groups excluding carboxylic acids is 1. The molecule has 2 atom stereocenters. The van der Waals surface area contributed by atoms with Gasteiger partial charge in [-0.05, 0) is 11.1 Å². The van der Waals surface area contributed by atoms with E-state index in [9.17, 15) is 4.79 Å². The molecule has 0 radical (unpaired) electrons. The molecule has 0 bridgehead atoms. The van der Waals surface area contributed by atoms with Gasteiger partial charge in [0.2, 0.25) is 0 Å². The van der Waals surface area contributed by atoms with Crippen LogP contribution in [-0.2, 0) is 10.3 Å². The third kappa shape index (κ3) is 1.55. The fourth-order valence-electron chi connectivity index (χ4n) is 3.01. The Morgan fingerprint density at radius 3 is 2.00 bits per heavy atom. The Kier molecular flexibility index (Phi) is 2.35. The predicted octanol–water partition coefficient (Wildman–Crippen LogP) is 1.97. The fourth-order valence-corrected chi connectivity index (χ4v) is 3.01. The molecule has 0 aliphatic carbocycles. The van der Waals surface area contributed by atoms with Gasteiger partial charge in [0.05, 0.1) is 0 Å². The minimum absolute atomic E-state index is 0.0787. The minimum Gasteiger partial charge on any atom is -0.344 e. The van der Waals surface area contributed by atoms with Gasteiger partial charge in [-0.25, -0.2) is 4.79 Å². The van der Waals surface area contributed by atoms with E-state index in [-0.39, 0.29) is 18.4 Å². The second kappa shape index (κ2) is 4.08. The molecule has 2 saturated heterocycles. The Hall–Kier alpha value is -2.33. The highest BCUT2D eigenvalue weighted by Gasteiger charge is 2.61. The number of ether oxygens (including phenoxy) is 1. The van der Waals surface area contributed by atoms with E-state index < -0.39 is 5.54 Å². The summed E-state index contributed by atoms with van der Waals surface area (Å²) < 4.78 is 5.68. The molecule has 0 saturated carbocycles. The first-order chi connectivity index (χ1) is 9.80. The lowest BCUT2D eigenvalue weighted by atomic mass is 9.79. The first-order valence-electron chi connectivity index (χ1n) is 6.66. The number of benzene rings is 2. The highest BCUT2D eigenvalue weighted by atomic mass is 16.6. The van der Waals surface area contributed by atoms with Crippen LogP contribution in [0.2, 0.25) is 0 Å². The van der Waals surface area contributed by atoms with Crippen LogP contribution in [0.15, 0.2) is 60.7 Å². The van der Waals surface area contributed by atoms with E-state index >= 15 is 0 Å². The summed E-state index contributed by atoms with van der Waals surface area (Å²) in [5.41, 5.74) is 1.46. The summed E-state index contributed by atoms with van der Waals surface area (Å²) in [6, 6.07) is 19.8. The molecule has 2 aromatic carbocycles. The van der Waals surface area contributed by atoms with E-state index in [2.05, 4.69) is 10.6 Å². The smallest absolute Gasteiger partial charge is 0.317 e. The number of hydrogen-bond donors (Lipinski definition) is 2. The normalized spacial score (nSPS) is 26.1. The highest BCUT2D eigenvalue weighted by molar-refractivity contribution is 5.79. The van der Waals surface area contributed by atoms with Crippen LogP contribution in [0.25, 0.3) is 0 Å². The van der Waals surface area contributed by atoms with Gasteiger partial charge < -0.3 is 15.4 Å². The lowest BCUT2D eigenvalue weighted by Crippen LogP contribution is -2.60. The van der Waals surface area contributed by atoms with Gasteiger partial charge in [0.15, 0.2) is 6.23 Å². The Bertz CT molecular complexity index is 603. The van der Waals surface area contributed by atoms with Crippen molar-refractivity contribution in [2.75, 3.05) is 0 Å². The summed E-state index contributed by atoms with van der Waals surface area (Å²) in [5, 5.41) is 5.85. The monoisotopic (exact) mass is 266 g/mol. The summed E-state index contributed by atoms with van der Waals surface area (Å²) in [4.78, 5) is 12.0. The molecule has 4 rings (SSSR count). The van der Waals surface area contributed by atoms with Crippen molar-refractivity contribution in [3.63, 3.8) is 0 Å². The van der Waals surface area contributed by atoms with Crippen LogP contribution in [0.5, 0.6) is 0 Å². The number of amides is 2. The van der Waals surface area contributed by atoms with Crippen molar-refractivity contribution < 1.29 is 9.53 Å². The third-order valence-corrected chi connectivity index (χ3v) is 3.96. The second-order valence-electron chi connectivity index (χ2n) is 5.12. The minimum atomic E-state index is -0.616. The number of carbonyl (C=O) groups is 1. The molecule has 2 aliphatic heterocycles. The molecule has 20 heavy (non-hydrogen) atoms. The molecule has 2 heterocycles. The van der Waals surface area contributed by atoms with E-state index in [0.717, 1.165) is 11.1 Å². The quantitative estimate of drug-likeness (QED) is 0.816. The molecule has 4 heteroatoms. The van der Waals surface area contributed by atoms with Crippen LogP contribution < -0.4 is 10.6 Å². The van der Waals surface area contributed by atoms with Crippen LogP contribution in [0, 0.1) is 0 Å². The van der Waals surface area contributed by atoms with E-state index in [1.165, 1.54) is 0 Å². The van der Waals surface area contributed by atoms with E-state index in [1.54, 1.807) is 0 Å². The van der Waals surface area contributed by atoms with E-state index in [0.29, 0.717) is 0 Å². The van der Waals surface area contributed by atoms with Crippen molar-refractivity contribution in [1.29, 1.82) is 0 Å². The van der Waals surface area contributed by atoms with Gasteiger partial charge in [0, 0.05) is 0 Å². The zero-order chi connectivity index (χ0) is 13.6. The number of urea groups is 1. The molecule has 2 N–H and O–H groups in total. The van der Waals surface area contributed by atoms with Crippen LogP contribution in [0.4, 0.5) is 4.79 Å². The summed E-state index contributed by atoms with van der Waals surface area (Å²) in [5.74, 6) is 0. The van der Waals surface area contributed by atoms with Crippen molar-refractivity contribution in [2.45, 2.75) is 17.9 Å². The van der Waals surface area contributed by atoms with E-state index in [4.69, 9.17) is 4.74 Å². The number of rotatable bonds is 2. The molecule has 0 aromatic heterocycles. The van der Waals surface area contributed by atoms with Gasteiger partial charge in [-0.15, -0.1) is 0 Å². The molecule has 2 aliphatic rings. The Labute approximate surface area is 116 Å². The van der Waals surface area contributed by atoms with Gasteiger partial charge in [0.1, 0.15) is 11.6 Å². The predicted molar refractivity (Wildman–Crippen MR) is 74.0 cm³/mol. The first kappa shape index (κ1) is 11.5. The molecule has 2 amide bonds. The molecule has 2 fully saturated rings. The molecular formula is C16H14N2O2. The van der Waals surface area contributed by atoms with Crippen molar-refractivity contribution >= 4 is 6.03 Å². The summed E-state index contributed by atoms with van der Waals surface area (Å²) in [7, 11) is 0. The largest absolute Gasteiger partial charge is 0.344 e. The zero-order valence-electron chi connectivity index (χ0n) is 10.7. The summed E-state index contributed by atoms with van der Waals surface area (Å²) in [6.45, 7) is 0. The van der Waals surface area contributed by atoms with Gasteiger partial charge in [-0.2, -0.15) is 0 Å². The Morgan fingerprint density at radius 2 is 1.45 bits per heavy atom. The Morgan fingerprint density at radius 1 is 0.900 bits per heavy atom. The van der Waals surface area contributed by atoms with Crippen molar-refractivity contribution in [3.8, 4) is 0 Å². The Balaban J connectivity index is 1.92. The van der Waals surface area contributed by atoms with Gasteiger partial charge in [0.25, 0.3) is 0 Å². The van der Waals surface area contributed by atoms with Crippen LogP contribution in [0.1, 0.15) is 11.1 Å². The zero-order valence-corrected chi connectivity index (χ0v) is 10.7. The number of fused-ring (bicyclic) bond motifs is 1. The molecule has 4 nitrogen and oxygen atoms in total. The number of nitrogens with one attached hydrogen (secondary N) is 2. The molecule has 0 spiro atoms. The fraction of sp³-hybridized carbons (Fsp3) is 0.188. The summed E-state index contributed by atoms with van der Waals surface area (Å²) >= 11 is 0. The van der Waals surface area contributed by atoms with Crippen LogP contribution in [-0.4, -0.2) is 18.4 Å². The average Bonchev–Trinajstić information content (AvgIpc) is 3.27. The maximum Gasteiger partial charge on any atom is 0.317 e. The average molecular weight is 266 g/mol. The molecule has 2 aromatic rings. The van der Waals surface area contributed by atoms with Crippen molar-refractivity contribution in [1.82, 2.24) is 10.6 Å². The van der Waals surface area contributed by atoms with Gasteiger partial charge in [-0.3, -0.25) is 0 Å². The molecular weight excluding hydrogens is 252 g/mol. The second-order valence-corrected chi connectivity index (χ2v) is 5.12. The van der Waals surface area contributed by atoms with E-state index in [1.807, 2.05) is 60.7 Å². The van der Waals surface area contributed by atoms with Gasteiger partial charge in [-0.1, -0.05) is 60.7 Å². The van der Waals surface area contributed by atoms with Crippen molar-refractivity contribution in [3.05, 3.63) is 71.8 Å². The SMILES string of the molecule is O=C1NC2OC2C(c2ccccc2)(c2ccccc2)N1. The molecule has 2 unspecified atom stereocenters. The first-order valence-corrected chi connectivity index (χ1v) is 6.66. The maximum absolute atomic E-state index is 12.0. The standard InChI is InChI=1S/C16H14N2O2/c19-15-17-14-13(20-14)16(18-15,11-7-3-1-4-8-11)12-9-5-2-6-10-12/h1-10,13-14H,(H2,17,18,19). The third-order valence-electron chi connectivity index (χ3n) is 3.96. The topological polar surface area (TPSA) is 53.7 Å². The van der Waals surface area contributed by atoms with Crippen molar-refractivity contribution in [2.24, 2.45) is 0 Å².